The lowest BCUT2D eigenvalue weighted by atomic mass is 9.73. The summed E-state index contributed by atoms with van der Waals surface area (Å²) < 4.78 is 11.2. The van der Waals surface area contributed by atoms with Crippen LogP contribution in [0, 0.1) is 5.41 Å². The van der Waals surface area contributed by atoms with E-state index in [9.17, 15) is 9.59 Å². The average molecular weight is 563 g/mol. The van der Waals surface area contributed by atoms with E-state index in [2.05, 4.69) is 29.5 Å². The van der Waals surface area contributed by atoms with E-state index in [0.717, 1.165) is 33.5 Å². The van der Waals surface area contributed by atoms with E-state index < -0.39 is 6.04 Å². The number of benzene rings is 3. The van der Waals surface area contributed by atoms with Crippen LogP contribution in [0.15, 0.2) is 90.3 Å². The number of hydrogen-bond acceptors (Lipinski definition) is 7. The van der Waals surface area contributed by atoms with Gasteiger partial charge in [0.25, 0.3) is 0 Å². The number of aromatic nitrogens is 1. The van der Waals surface area contributed by atoms with Gasteiger partial charge in [-0.25, -0.2) is 0 Å². The molecule has 0 saturated carbocycles. The highest BCUT2D eigenvalue weighted by molar-refractivity contribution is 6.03. The second-order valence-corrected chi connectivity index (χ2v) is 11.6. The molecule has 0 radical (unpaired) electrons. The fourth-order valence-electron chi connectivity index (χ4n) is 6.09. The molecule has 3 aromatic carbocycles. The number of fused-ring (bicyclic) bond motifs is 2. The predicted molar refractivity (Wildman–Crippen MR) is 165 cm³/mol. The number of Topliss-reactive ketones (excluding diaryl/α,β-unsaturated/α-hetero) is 1. The normalized spacial score (nSPS) is 17.6. The molecule has 0 bridgehead atoms. The Bertz CT molecular complexity index is 1730. The Morgan fingerprint density at radius 3 is 2.57 bits per heavy atom. The Morgan fingerprint density at radius 2 is 1.76 bits per heavy atom. The van der Waals surface area contributed by atoms with Crippen molar-refractivity contribution in [3.8, 4) is 11.5 Å². The molecule has 4 aromatic rings. The quantitative estimate of drug-likeness (QED) is 0.277. The molecule has 0 saturated heterocycles. The Balaban J connectivity index is 1.46. The van der Waals surface area contributed by atoms with Crippen molar-refractivity contribution < 1.29 is 19.1 Å². The van der Waals surface area contributed by atoms with Crippen LogP contribution >= 0.6 is 0 Å². The van der Waals surface area contributed by atoms with Crippen LogP contribution < -0.4 is 25.0 Å². The number of pyridine rings is 1. The van der Waals surface area contributed by atoms with E-state index in [1.165, 1.54) is 0 Å². The van der Waals surface area contributed by atoms with Gasteiger partial charge in [0.2, 0.25) is 5.91 Å². The zero-order chi connectivity index (χ0) is 29.4. The predicted octanol–water partition coefficient (Wildman–Crippen LogP) is 6.51. The number of rotatable bonds is 6. The van der Waals surface area contributed by atoms with Crippen molar-refractivity contribution in [2.75, 3.05) is 36.3 Å². The molecule has 1 amide bonds. The van der Waals surface area contributed by atoms with Crippen molar-refractivity contribution in [2.24, 2.45) is 5.41 Å². The molecule has 42 heavy (non-hydrogen) atoms. The van der Waals surface area contributed by atoms with E-state index in [1.54, 1.807) is 20.4 Å². The second-order valence-electron chi connectivity index (χ2n) is 11.6. The lowest BCUT2D eigenvalue weighted by Crippen LogP contribution is -2.40. The zero-order valence-corrected chi connectivity index (χ0v) is 24.2. The number of nitrogens with zero attached hydrogens (tertiary/aromatic N) is 2. The number of amides is 1. The van der Waals surface area contributed by atoms with Gasteiger partial charge in [-0.2, -0.15) is 0 Å². The van der Waals surface area contributed by atoms with E-state index in [-0.39, 0.29) is 23.7 Å². The van der Waals surface area contributed by atoms with Crippen molar-refractivity contribution in [1.82, 2.24) is 4.98 Å². The van der Waals surface area contributed by atoms with Gasteiger partial charge >= 0.3 is 0 Å². The first-order valence-corrected chi connectivity index (χ1v) is 14.0. The first kappa shape index (κ1) is 27.3. The topological polar surface area (TPSA) is 92.8 Å². The van der Waals surface area contributed by atoms with Crippen LogP contribution in [0.1, 0.15) is 38.3 Å². The highest BCUT2D eigenvalue weighted by Crippen LogP contribution is 2.49. The molecule has 6 rings (SSSR count). The van der Waals surface area contributed by atoms with Crippen molar-refractivity contribution in [3.63, 3.8) is 0 Å². The molecule has 214 valence electrons. The van der Waals surface area contributed by atoms with Crippen molar-refractivity contribution >= 4 is 39.7 Å². The lowest BCUT2D eigenvalue weighted by molar-refractivity contribution is -0.119. The third-order valence-corrected chi connectivity index (χ3v) is 7.92. The van der Waals surface area contributed by atoms with Gasteiger partial charge in [-0.15, -0.1) is 0 Å². The number of carbonyl (C=O) groups is 2. The Labute approximate surface area is 245 Å². The maximum absolute atomic E-state index is 14.0. The van der Waals surface area contributed by atoms with Crippen molar-refractivity contribution in [2.45, 2.75) is 32.7 Å². The molecule has 8 nitrogen and oxygen atoms in total. The number of anilines is 3. The van der Waals surface area contributed by atoms with E-state index in [1.807, 2.05) is 77.7 Å². The molecule has 2 aliphatic rings. The Hall–Kier alpha value is -4.85. The van der Waals surface area contributed by atoms with Gasteiger partial charge in [0.15, 0.2) is 17.3 Å². The third-order valence-electron chi connectivity index (χ3n) is 7.92. The summed E-state index contributed by atoms with van der Waals surface area (Å²) in [6.07, 6.45) is 2.78. The van der Waals surface area contributed by atoms with Crippen molar-refractivity contribution in [1.29, 1.82) is 0 Å². The molecule has 0 fully saturated rings. The van der Waals surface area contributed by atoms with Crippen LogP contribution in [0.2, 0.25) is 0 Å². The molecule has 1 unspecified atom stereocenters. The molecular formula is C34H34N4O4. The highest BCUT2D eigenvalue weighted by Gasteiger charge is 2.42. The maximum Gasteiger partial charge on any atom is 0.243 e. The molecule has 1 aromatic heterocycles. The highest BCUT2D eigenvalue weighted by atomic mass is 16.5. The molecule has 1 aliphatic carbocycles. The zero-order valence-electron chi connectivity index (χ0n) is 24.2. The molecule has 0 spiro atoms. The van der Waals surface area contributed by atoms with E-state index in [0.29, 0.717) is 35.6 Å². The minimum Gasteiger partial charge on any atom is -0.493 e. The van der Waals surface area contributed by atoms with Gasteiger partial charge in [-0.05, 0) is 53.8 Å². The van der Waals surface area contributed by atoms with Gasteiger partial charge in [0.1, 0.15) is 0 Å². The van der Waals surface area contributed by atoms with Gasteiger partial charge in [0.05, 0.1) is 55.6 Å². The molecule has 1 aliphatic heterocycles. The Morgan fingerprint density at radius 1 is 1.00 bits per heavy atom. The maximum atomic E-state index is 14.0. The number of para-hydroxylation sites is 3. The van der Waals surface area contributed by atoms with E-state index in [4.69, 9.17) is 9.47 Å². The summed E-state index contributed by atoms with van der Waals surface area (Å²) in [4.78, 5) is 34.2. The van der Waals surface area contributed by atoms with Crippen LogP contribution in [0.3, 0.4) is 0 Å². The minimum absolute atomic E-state index is 0.00200. The summed E-state index contributed by atoms with van der Waals surface area (Å²) >= 11 is 0. The first-order valence-electron chi connectivity index (χ1n) is 14.0. The molecule has 8 heteroatoms. The van der Waals surface area contributed by atoms with Crippen LogP contribution in [-0.4, -0.2) is 37.4 Å². The number of methoxy groups -OCH3 is 2. The fourth-order valence-corrected chi connectivity index (χ4v) is 6.09. The lowest BCUT2D eigenvalue weighted by Gasteiger charge is -2.38. The van der Waals surface area contributed by atoms with Crippen molar-refractivity contribution in [3.05, 3.63) is 95.8 Å². The number of nitrogens with one attached hydrogen (secondary N) is 2. The fraction of sp³-hybridized carbons (Fsp3) is 0.265. The molecule has 2 N–H and O–H groups in total. The van der Waals surface area contributed by atoms with Crippen LogP contribution in [0.25, 0.3) is 10.9 Å². The van der Waals surface area contributed by atoms with Gasteiger partial charge < -0.3 is 25.0 Å². The van der Waals surface area contributed by atoms with Gasteiger partial charge in [0, 0.05) is 23.1 Å². The molecular weight excluding hydrogens is 528 g/mol. The summed E-state index contributed by atoms with van der Waals surface area (Å²) in [5.41, 5.74) is 5.31. The first-order chi connectivity index (χ1) is 20.3. The van der Waals surface area contributed by atoms with Crippen LogP contribution in [0.5, 0.6) is 11.5 Å². The number of carbonyl (C=O) groups excluding carboxylic acids is 2. The summed E-state index contributed by atoms with van der Waals surface area (Å²) in [7, 11) is 3.18. The van der Waals surface area contributed by atoms with Crippen LogP contribution in [-0.2, 0) is 9.59 Å². The summed E-state index contributed by atoms with van der Waals surface area (Å²) in [6.45, 7) is 4.22. The second kappa shape index (κ2) is 10.9. The largest absolute Gasteiger partial charge is 0.493 e. The number of allylic oxidation sites excluding steroid dienone is 1. The smallest absolute Gasteiger partial charge is 0.243 e. The molecule has 1 atom stereocenters. The summed E-state index contributed by atoms with van der Waals surface area (Å²) in [5, 5.41) is 7.56. The van der Waals surface area contributed by atoms with Crippen LogP contribution in [0.4, 0.5) is 17.1 Å². The summed E-state index contributed by atoms with van der Waals surface area (Å²) in [5.74, 6) is 0.982. The summed E-state index contributed by atoms with van der Waals surface area (Å²) in [6, 6.07) is 22.7. The van der Waals surface area contributed by atoms with Gasteiger partial charge in [-0.3, -0.25) is 14.6 Å². The number of hydrogen-bond donors (Lipinski definition) is 2. The molecule has 2 heterocycles. The third kappa shape index (κ3) is 5.16. The number of ether oxygens (including phenoxy) is 2. The standard InChI is InChI=1S/C34H34N4O4/c1-34(2)17-26-32(28(39)18-34)33(22-13-14-29(41-3)30(16-22)42-4)38(27-12-8-7-11-25(27)37-26)20-31(40)36-23-15-21-9-5-6-10-24(21)35-19-23/h5-16,19,33,37H,17-18,20H2,1-4H3,(H,36,40). The number of ketones is 1. The Kier molecular flexibility index (Phi) is 7.06. The average Bonchev–Trinajstić information content (AvgIpc) is 3.10. The SMILES string of the molecule is COc1ccc(C2C3=C(CC(C)(C)CC3=O)Nc3ccccc3N2CC(=O)Nc2cnc3ccccc3c2)cc1OC. The van der Waals surface area contributed by atoms with E-state index >= 15 is 0 Å². The van der Waals surface area contributed by atoms with Gasteiger partial charge in [-0.1, -0.05) is 50.2 Å². The minimum atomic E-state index is -0.542. The monoisotopic (exact) mass is 562 g/mol.